The second-order valence-electron chi connectivity index (χ2n) is 3.20. The van der Waals surface area contributed by atoms with Crippen molar-refractivity contribution >= 4 is 35.7 Å². The molecule has 0 N–H and O–H groups in total. The Balaban J connectivity index is 3.09. The Hall–Kier alpha value is -0.260. The first-order chi connectivity index (χ1) is 6.80. The summed E-state index contributed by atoms with van der Waals surface area (Å²) < 4.78 is 28.0. The molecule has 0 atom stereocenters. The zero-order valence-electron chi connectivity index (χ0n) is 8.20. The molecule has 0 amide bonds. The van der Waals surface area contributed by atoms with Crippen molar-refractivity contribution in [1.82, 2.24) is 0 Å². The highest BCUT2D eigenvalue weighted by Crippen LogP contribution is 2.29. The molecule has 3 nitrogen and oxygen atoms in total. The van der Waals surface area contributed by atoms with Gasteiger partial charge < -0.3 is 4.74 Å². The number of rotatable bonds is 3. The summed E-state index contributed by atoms with van der Waals surface area (Å²) in [5.41, 5.74) is 0. The standard InChI is InChI=1S/C9H10BrClO3S/c1-6(2)14-9-4-3-7(5-8(9)10)15(11,12)13/h3-6H,1-2H3. The molecule has 1 aromatic rings. The molecule has 6 heteroatoms. The molecular formula is C9H10BrClO3S. The maximum atomic E-state index is 11.0. The van der Waals surface area contributed by atoms with Crippen LogP contribution >= 0.6 is 26.6 Å². The van der Waals surface area contributed by atoms with Crippen LogP contribution in [0.2, 0.25) is 0 Å². The highest BCUT2D eigenvalue weighted by Gasteiger charge is 2.12. The number of hydrogen-bond acceptors (Lipinski definition) is 3. The van der Waals surface area contributed by atoms with Gasteiger partial charge in [0.05, 0.1) is 15.5 Å². The van der Waals surface area contributed by atoms with Crippen LogP contribution in [0.15, 0.2) is 27.6 Å². The summed E-state index contributed by atoms with van der Waals surface area (Å²) >= 11 is 3.22. The average molecular weight is 314 g/mol. The molecule has 84 valence electrons. The van der Waals surface area contributed by atoms with E-state index in [0.717, 1.165) is 0 Å². The summed E-state index contributed by atoms with van der Waals surface area (Å²) in [6, 6.07) is 4.39. The topological polar surface area (TPSA) is 43.4 Å². The van der Waals surface area contributed by atoms with E-state index in [1.807, 2.05) is 13.8 Å². The van der Waals surface area contributed by atoms with Gasteiger partial charge in [0, 0.05) is 10.7 Å². The van der Waals surface area contributed by atoms with Crippen molar-refractivity contribution in [3.63, 3.8) is 0 Å². The monoisotopic (exact) mass is 312 g/mol. The first kappa shape index (κ1) is 12.8. The Labute approximate surface area is 102 Å². The van der Waals surface area contributed by atoms with Gasteiger partial charge in [-0.3, -0.25) is 0 Å². The normalized spacial score (nSPS) is 11.8. The predicted octanol–water partition coefficient (Wildman–Crippen LogP) is 3.16. The van der Waals surface area contributed by atoms with Gasteiger partial charge in [0.15, 0.2) is 0 Å². The second-order valence-corrected chi connectivity index (χ2v) is 6.62. The fraction of sp³-hybridized carbons (Fsp3) is 0.333. The van der Waals surface area contributed by atoms with Crippen LogP contribution in [0, 0.1) is 0 Å². The Bertz CT molecular complexity index is 456. The fourth-order valence-corrected chi connectivity index (χ4v) is 2.38. The lowest BCUT2D eigenvalue weighted by Gasteiger charge is -2.11. The lowest BCUT2D eigenvalue weighted by molar-refractivity contribution is 0.240. The first-order valence-electron chi connectivity index (χ1n) is 4.21. The zero-order chi connectivity index (χ0) is 11.6. The van der Waals surface area contributed by atoms with Crippen molar-refractivity contribution in [2.45, 2.75) is 24.8 Å². The Kier molecular flexibility index (Phi) is 4.03. The molecule has 0 aliphatic rings. The minimum Gasteiger partial charge on any atom is -0.490 e. The number of benzene rings is 1. The molecule has 0 bridgehead atoms. The highest BCUT2D eigenvalue weighted by atomic mass is 79.9. The van der Waals surface area contributed by atoms with Gasteiger partial charge in [-0.05, 0) is 48.0 Å². The Morgan fingerprint density at radius 3 is 2.40 bits per heavy atom. The van der Waals surface area contributed by atoms with Crippen LogP contribution in [0.5, 0.6) is 5.75 Å². The van der Waals surface area contributed by atoms with Crippen LogP contribution in [0.25, 0.3) is 0 Å². The van der Waals surface area contributed by atoms with Crippen molar-refractivity contribution in [1.29, 1.82) is 0 Å². The highest BCUT2D eigenvalue weighted by molar-refractivity contribution is 9.10. The van der Waals surface area contributed by atoms with Crippen molar-refractivity contribution in [3.8, 4) is 5.75 Å². The molecule has 0 saturated carbocycles. The maximum Gasteiger partial charge on any atom is 0.261 e. The number of halogens is 2. The van der Waals surface area contributed by atoms with Crippen LogP contribution in [0.3, 0.4) is 0 Å². The van der Waals surface area contributed by atoms with Crippen LogP contribution in [0.4, 0.5) is 0 Å². The van der Waals surface area contributed by atoms with Crippen LogP contribution < -0.4 is 4.74 Å². The van der Waals surface area contributed by atoms with Crippen molar-refractivity contribution in [2.75, 3.05) is 0 Å². The molecule has 0 unspecified atom stereocenters. The summed E-state index contributed by atoms with van der Waals surface area (Å²) in [4.78, 5) is 0.0483. The summed E-state index contributed by atoms with van der Waals surface area (Å²) in [6.45, 7) is 3.78. The van der Waals surface area contributed by atoms with E-state index >= 15 is 0 Å². The Morgan fingerprint density at radius 1 is 1.40 bits per heavy atom. The van der Waals surface area contributed by atoms with E-state index in [1.165, 1.54) is 12.1 Å². The summed E-state index contributed by atoms with van der Waals surface area (Å²) in [5, 5.41) is 0. The number of ether oxygens (including phenoxy) is 1. The first-order valence-corrected chi connectivity index (χ1v) is 7.32. The molecule has 0 aliphatic heterocycles. The Morgan fingerprint density at radius 2 is 2.00 bits per heavy atom. The van der Waals surface area contributed by atoms with Gasteiger partial charge in [-0.25, -0.2) is 8.42 Å². The molecule has 0 radical (unpaired) electrons. The predicted molar refractivity (Wildman–Crippen MR) is 62.9 cm³/mol. The van der Waals surface area contributed by atoms with E-state index in [-0.39, 0.29) is 11.0 Å². The quantitative estimate of drug-likeness (QED) is 0.805. The van der Waals surface area contributed by atoms with Gasteiger partial charge in [-0.2, -0.15) is 0 Å². The van der Waals surface area contributed by atoms with Crippen molar-refractivity contribution in [2.24, 2.45) is 0 Å². The van der Waals surface area contributed by atoms with E-state index in [1.54, 1.807) is 6.07 Å². The number of hydrogen-bond donors (Lipinski definition) is 0. The smallest absolute Gasteiger partial charge is 0.261 e. The van der Waals surface area contributed by atoms with Gasteiger partial charge in [0.25, 0.3) is 9.05 Å². The molecule has 1 aromatic carbocycles. The molecule has 0 fully saturated rings. The van der Waals surface area contributed by atoms with E-state index < -0.39 is 9.05 Å². The molecule has 0 aliphatic carbocycles. The molecule has 15 heavy (non-hydrogen) atoms. The molecular weight excluding hydrogens is 304 g/mol. The van der Waals surface area contributed by atoms with Crippen LogP contribution in [-0.2, 0) is 9.05 Å². The summed E-state index contributed by atoms with van der Waals surface area (Å²) in [5.74, 6) is 0.592. The summed E-state index contributed by atoms with van der Waals surface area (Å²) in [6.07, 6.45) is 0.0276. The molecule has 1 rings (SSSR count). The van der Waals surface area contributed by atoms with Crippen molar-refractivity contribution < 1.29 is 13.2 Å². The zero-order valence-corrected chi connectivity index (χ0v) is 11.4. The lowest BCUT2D eigenvalue weighted by atomic mass is 10.3. The SMILES string of the molecule is CC(C)Oc1ccc(S(=O)(=O)Cl)cc1Br. The van der Waals surface area contributed by atoms with Gasteiger partial charge in [0.2, 0.25) is 0 Å². The maximum absolute atomic E-state index is 11.0. The third-order valence-electron chi connectivity index (χ3n) is 1.55. The van der Waals surface area contributed by atoms with E-state index in [0.29, 0.717) is 10.2 Å². The summed E-state index contributed by atoms with van der Waals surface area (Å²) in [7, 11) is 1.52. The second kappa shape index (κ2) is 4.72. The van der Waals surface area contributed by atoms with E-state index in [9.17, 15) is 8.42 Å². The molecule has 0 saturated heterocycles. The minimum atomic E-state index is -3.68. The van der Waals surface area contributed by atoms with Crippen LogP contribution in [0.1, 0.15) is 13.8 Å². The van der Waals surface area contributed by atoms with Crippen molar-refractivity contribution in [3.05, 3.63) is 22.7 Å². The minimum absolute atomic E-state index is 0.0276. The van der Waals surface area contributed by atoms with Gasteiger partial charge in [-0.15, -0.1) is 0 Å². The fourth-order valence-electron chi connectivity index (χ4n) is 0.983. The third kappa shape index (κ3) is 3.66. The largest absolute Gasteiger partial charge is 0.490 e. The van der Waals surface area contributed by atoms with Gasteiger partial charge >= 0.3 is 0 Å². The van der Waals surface area contributed by atoms with E-state index in [2.05, 4.69) is 15.9 Å². The molecule has 0 heterocycles. The van der Waals surface area contributed by atoms with E-state index in [4.69, 9.17) is 15.4 Å². The van der Waals surface area contributed by atoms with Gasteiger partial charge in [-0.1, -0.05) is 0 Å². The molecule has 0 aromatic heterocycles. The van der Waals surface area contributed by atoms with Crippen LogP contribution in [-0.4, -0.2) is 14.5 Å². The molecule has 0 spiro atoms. The third-order valence-corrected chi connectivity index (χ3v) is 3.52. The average Bonchev–Trinajstić information content (AvgIpc) is 2.05. The van der Waals surface area contributed by atoms with Gasteiger partial charge in [0.1, 0.15) is 5.75 Å². The lowest BCUT2D eigenvalue weighted by Crippen LogP contribution is -2.06.